The van der Waals surface area contributed by atoms with Gasteiger partial charge >= 0.3 is 0 Å². The average molecular weight is 348 g/mol. The van der Waals surface area contributed by atoms with Crippen molar-refractivity contribution in [2.45, 2.75) is 0 Å². The van der Waals surface area contributed by atoms with Crippen LogP contribution in [0.3, 0.4) is 0 Å². The number of para-hydroxylation sites is 1. The Morgan fingerprint density at radius 2 is 1.69 bits per heavy atom. The molecule has 6 heteroatoms. The lowest BCUT2D eigenvalue weighted by Crippen LogP contribution is -2.36. The third-order valence-corrected chi connectivity index (χ3v) is 4.37. The Balaban J connectivity index is 1.42. The number of anilines is 2. The summed E-state index contributed by atoms with van der Waals surface area (Å²) in [7, 11) is 0. The minimum atomic E-state index is -0.175. The van der Waals surface area contributed by atoms with E-state index in [9.17, 15) is 4.79 Å². The van der Waals surface area contributed by atoms with Crippen molar-refractivity contribution in [3.8, 4) is 5.69 Å². The minimum absolute atomic E-state index is 0.175. The molecule has 2 heterocycles. The molecule has 0 unspecified atom stereocenters. The topological polar surface area (TPSA) is 59.4 Å². The highest BCUT2D eigenvalue weighted by Crippen LogP contribution is 2.19. The van der Waals surface area contributed by atoms with Gasteiger partial charge < -0.3 is 15.0 Å². The molecule has 1 saturated heterocycles. The number of hydrogen-bond donors (Lipinski definition) is 1. The van der Waals surface area contributed by atoms with Crippen LogP contribution in [0.25, 0.3) is 5.69 Å². The molecule has 1 aliphatic rings. The molecule has 0 bridgehead atoms. The fraction of sp³-hybridized carbons (Fsp3) is 0.200. The Kier molecular flexibility index (Phi) is 4.66. The molecule has 4 rings (SSSR count). The summed E-state index contributed by atoms with van der Waals surface area (Å²) in [5.74, 6) is -0.175. The number of ether oxygens (including phenoxy) is 1. The SMILES string of the molecule is O=C(Nc1ccc(N2CCOCC2)cc1)c1cnn(-c2ccccc2)c1. The van der Waals surface area contributed by atoms with Crippen LogP contribution in [0.4, 0.5) is 11.4 Å². The van der Waals surface area contributed by atoms with Gasteiger partial charge in [-0.2, -0.15) is 5.10 Å². The fourth-order valence-electron chi connectivity index (χ4n) is 2.94. The van der Waals surface area contributed by atoms with Gasteiger partial charge in [0, 0.05) is 30.7 Å². The van der Waals surface area contributed by atoms with E-state index in [2.05, 4.69) is 15.3 Å². The van der Waals surface area contributed by atoms with Gasteiger partial charge in [0.2, 0.25) is 0 Å². The summed E-state index contributed by atoms with van der Waals surface area (Å²) in [6.07, 6.45) is 3.30. The second-order valence-electron chi connectivity index (χ2n) is 6.11. The summed E-state index contributed by atoms with van der Waals surface area (Å²) in [4.78, 5) is 14.7. The predicted molar refractivity (Wildman–Crippen MR) is 101 cm³/mol. The van der Waals surface area contributed by atoms with Gasteiger partial charge in [0.25, 0.3) is 5.91 Å². The van der Waals surface area contributed by atoms with Crippen molar-refractivity contribution in [1.29, 1.82) is 0 Å². The highest BCUT2D eigenvalue weighted by molar-refractivity contribution is 6.04. The predicted octanol–water partition coefficient (Wildman–Crippen LogP) is 2.96. The van der Waals surface area contributed by atoms with Crippen molar-refractivity contribution in [1.82, 2.24) is 9.78 Å². The smallest absolute Gasteiger partial charge is 0.258 e. The number of nitrogens with zero attached hydrogens (tertiary/aromatic N) is 3. The molecule has 0 saturated carbocycles. The lowest BCUT2D eigenvalue weighted by atomic mass is 10.2. The first-order chi connectivity index (χ1) is 12.8. The first kappa shape index (κ1) is 16.4. The summed E-state index contributed by atoms with van der Waals surface area (Å²) in [6.45, 7) is 3.29. The molecule has 0 aliphatic carbocycles. The Hall–Kier alpha value is -3.12. The highest BCUT2D eigenvalue weighted by atomic mass is 16.5. The summed E-state index contributed by atoms with van der Waals surface area (Å²) in [6, 6.07) is 17.6. The van der Waals surface area contributed by atoms with Crippen LogP contribution in [0.1, 0.15) is 10.4 Å². The molecule has 1 amide bonds. The van der Waals surface area contributed by atoms with Gasteiger partial charge in [-0.25, -0.2) is 4.68 Å². The second-order valence-corrected chi connectivity index (χ2v) is 6.11. The number of benzene rings is 2. The Bertz CT molecular complexity index is 868. The molecule has 1 fully saturated rings. The number of carbonyl (C=O) groups excluding carboxylic acids is 1. The molecule has 1 aliphatic heterocycles. The third kappa shape index (κ3) is 3.60. The van der Waals surface area contributed by atoms with Crippen LogP contribution in [-0.2, 0) is 4.74 Å². The average Bonchev–Trinajstić information content (AvgIpc) is 3.20. The van der Waals surface area contributed by atoms with Crippen LogP contribution in [0.5, 0.6) is 0 Å². The Morgan fingerprint density at radius 3 is 2.42 bits per heavy atom. The van der Waals surface area contributed by atoms with Crippen LogP contribution in [-0.4, -0.2) is 42.0 Å². The summed E-state index contributed by atoms with van der Waals surface area (Å²) in [5.41, 5.74) is 3.34. The van der Waals surface area contributed by atoms with Crippen molar-refractivity contribution in [3.05, 3.63) is 72.6 Å². The van der Waals surface area contributed by atoms with Crippen molar-refractivity contribution >= 4 is 17.3 Å². The van der Waals surface area contributed by atoms with E-state index in [4.69, 9.17) is 4.74 Å². The summed E-state index contributed by atoms with van der Waals surface area (Å²) >= 11 is 0. The number of carbonyl (C=O) groups is 1. The largest absolute Gasteiger partial charge is 0.378 e. The van der Waals surface area contributed by atoms with E-state index >= 15 is 0 Å². The van der Waals surface area contributed by atoms with Crippen LogP contribution in [0, 0.1) is 0 Å². The standard InChI is InChI=1S/C20H20N4O2/c25-20(16-14-21-24(15-16)19-4-2-1-3-5-19)22-17-6-8-18(9-7-17)23-10-12-26-13-11-23/h1-9,14-15H,10-13H2,(H,22,25). The molecule has 0 atom stereocenters. The normalized spacial score (nSPS) is 14.2. The molecule has 26 heavy (non-hydrogen) atoms. The molecule has 0 radical (unpaired) electrons. The van der Waals surface area contributed by atoms with Gasteiger partial charge in [-0.15, -0.1) is 0 Å². The Morgan fingerprint density at radius 1 is 0.962 bits per heavy atom. The number of morpholine rings is 1. The van der Waals surface area contributed by atoms with Crippen LogP contribution < -0.4 is 10.2 Å². The molecule has 1 aromatic heterocycles. The maximum atomic E-state index is 12.5. The van der Waals surface area contributed by atoms with Crippen molar-refractivity contribution in [2.24, 2.45) is 0 Å². The third-order valence-electron chi connectivity index (χ3n) is 4.37. The zero-order chi connectivity index (χ0) is 17.8. The minimum Gasteiger partial charge on any atom is -0.378 e. The van der Waals surface area contributed by atoms with Crippen LogP contribution >= 0.6 is 0 Å². The molecule has 1 N–H and O–H groups in total. The van der Waals surface area contributed by atoms with Crippen molar-refractivity contribution in [2.75, 3.05) is 36.5 Å². The molecular formula is C20H20N4O2. The van der Waals surface area contributed by atoms with Crippen LogP contribution in [0.15, 0.2) is 67.0 Å². The summed E-state index contributed by atoms with van der Waals surface area (Å²) in [5, 5.41) is 7.18. The molecule has 0 spiro atoms. The van der Waals surface area contributed by atoms with E-state index in [1.165, 1.54) is 0 Å². The molecule has 6 nitrogen and oxygen atoms in total. The summed E-state index contributed by atoms with van der Waals surface area (Å²) < 4.78 is 7.06. The van der Waals surface area contributed by atoms with Crippen molar-refractivity contribution < 1.29 is 9.53 Å². The monoisotopic (exact) mass is 348 g/mol. The number of aromatic nitrogens is 2. The van der Waals surface area contributed by atoms with Gasteiger partial charge in [0.1, 0.15) is 0 Å². The quantitative estimate of drug-likeness (QED) is 0.787. The molecular weight excluding hydrogens is 328 g/mol. The van der Waals surface area contributed by atoms with E-state index < -0.39 is 0 Å². The van der Waals surface area contributed by atoms with E-state index in [0.717, 1.165) is 43.4 Å². The number of amides is 1. The molecule has 3 aromatic rings. The fourth-order valence-corrected chi connectivity index (χ4v) is 2.94. The number of nitrogens with one attached hydrogen (secondary N) is 1. The Labute approximate surface area is 152 Å². The first-order valence-electron chi connectivity index (χ1n) is 8.64. The highest BCUT2D eigenvalue weighted by Gasteiger charge is 2.12. The first-order valence-corrected chi connectivity index (χ1v) is 8.64. The van der Waals surface area contributed by atoms with Crippen molar-refractivity contribution in [3.63, 3.8) is 0 Å². The van der Waals surface area contributed by atoms with Crippen LogP contribution in [0.2, 0.25) is 0 Å². The van der Waals surface area contributed by atoms with E-state index in [-0.39, 0.29) is 5.91 Å². The molecule has 132 valence electrons. The second kappa shape index (κ2) is 7.41. The number of rotatable bonds is 4. The zero-order valence-corrected chi connectivity index (χ0v) is 14.3. The maximum absolute atomic E-state index is 12.5. The lowest BCUT2D eigenvalue weighted by Gasteiger charge is -2.28. The van der Waals surface area contributed by atoms with Gasteiger partial charge in [-0.1, -0.05) is 18.2 Å². The lowest BCUT2D eigenvalue weighted by molar-refractivity contribution is 0.102. The van der Waals surface area contributed by atoms with Gasteiger partial charge in [-0.3, -0.25) is 4.79 Å². The van der Waals surface area contributed by atoms with Gasteiger partial charge in [0.05, 0.1) is 30.7 Å². The van der Waals surface area contributed by atoms with Gasteiger partial charge in [0.15, 0.2) is 0 Å². The van der Waals surface area contributed by atoms with Gasteiger partial charge in [-0.05, 0) is 36.4 Å². The zero-order valence-electron chi connectivity index (χ0n) is 14.3. The van der Waals surface area contributed by atoms with E-state index in [1.807, 2.05) is 54.6 Å². The molecule has 2 aromatic carbocycles. The maximum Gasteiger partial charge on any atom is 0.258 e. The number of hydrogen-bond acceptors (Lipinski definition) is 4. The van der Waals surface area contributed by atoms with E-state index in [1.54, 1.807) is 17.1 Å². The van der Waals surface area contributed by atoms with E-state index in [0.29, 0.717) is 5.56 Å².